The molecular weight excluding hydrogens is 240 g/mol. The minimum atomic E-state index is -0.621. The Kier molecular flexibility index (Phi) is 3.01. The van der Waals surface area contributed by atoms with Gasteiger partial charge in [-0.25, -0.2) is 0 Å². The molecule has 19 heavy (non-hydrogen) atoms. The summed E-state index contributed by atoms with van der Waals surface area (Å²) in [6.45, 7) is 0. The second-order valence-electron chi connectivity index (χ2n) is 5.49. The Morgan fingerprint density at radius 3 is 2.47 bits per heavy atom. The van der Waals surface area contributed by atoms with E-state index in [1.54, 1.807) is 0 Å². The van der Waals surface area contributed by atoms with Crippen LogP contribution in [0.25, 0.3) is 0 Å². The van der Waals surface area contributed by atoms with Crippen LogP contribution in [0.4, 0.5) is 0 Å². The molecule has 2 fully saturated rings. The number of carbonyl (C=O) groups excluding carboxylic acids is 2. The van der Waals surface area contributed by atoms with Crippen LogP contribution in [-0.2, 0) is 16.0 Å². The number of hydrogen-bond acceptors (Lipinski definition) is 2. The van der Waals surface area contributed by atoms with Crippen LogP contribution in [0, 0.1) is 0 Å². The van der Waals surface area contributed by atoms with Gasteiger partial charge in [0.2, 0.25) is 11.8 Å². The van der Waals surface area contributed by atoms with E-state index in [2.05, 4.69) is 10.6 Å². The van der Waals surface area contributed by atoms with Crippen molar-refractivity contribution in [3.05, 3.63) is 35.9 Å². The van der Waals surface area contributed by atoms with Crippen molar-refractivity contribution in [2.24, 2.45) is 0 Å². The third-order valence-corrected chi connectivity index (χ3v) is 4.16. The number of piperazine rings is 1. The van der Waals surface area contributed by atoms with Crippen LogP contribution >= 0.6 is 0 Å². The third kappa shape index (κ3) is 2.23. The molecule has 2 aliphatic rings. The van der Waals surface area contributed by atoms with E-state index in [0.29, 0.717) is 6.42 Å². The minimum Gasteiger partial charge on any atom is -0.342 e. The lowest BCUT2D eigenvalue weighted by molar-refractivity contribution is -0.141. The lowest BCUT2D eigenvalue weighted by Crippen LogP contribution is -2.68. The highest BCUT2D eigenvalue weighted by atomic mass is 16.2. The molecule has 1 saturated heterocycles. The van der Waals surface area contributed by atoms with Gasteiger partial charge in [0.05, 0.1) is 0 Å². The van der Waals surface area contributed by atoms with Gasteiger partial charge >= 0.3 is 0 Å². The van der Waals surface area contributed by atoms with E-state index in [1.807, 2.05) is 30.3 Å². The number of rotatable bonds is 2. The molecule has 1 aromatic rings. The van der Waals surface area contributed by atoms with Crippen molar-refractivity contribution in [3.8, 4) is 0 Å². The number of benzene rings is 1. The Morgan fingerprint density at radius 1 is 1.11 bits per heavy atom. The van der Waals surface area contributed by atoms with Gasteiger partial charge in [-0.15, -0.1) is 0 Å². The van der Waals surface area contributed by atoms with Gasteiger partial charge in [0.1, 0.15) is 11.6 Å². The quantitative estimate of drug-likeness (QED) is 0.836. The first-order chi connectivity index (χ1) is 9.20. The van der Waals surface area contributed by atoms with Crippen molar-refractivity contribution in [3.63, 3.8) is 0 Å². The van der Waals surface area contributed by atoms with Crippen molar-refractivity contribution in [1.82, 2.24) is 10.6 Å². The van der Waals surface area contributed by atoms with Crippen molar-refractivity contribution in [1.29, 1.82) is 0 Å². The molecule has 100 valence electrons. The molecule has 1 atom stereocenters. The molecular formula is C15H18N2O2. The molecule has 4 nitrogen and oxygen atoms in total. The number of amides is 2. The highest BCUT2D eigenvalue weighted by Gasteiger charge is 2.47. The van der Waals surface area contributed by atoms with Gasteiger partial charge in [0, 0.05) is 6.42 Å². The van der Waals surface area contributed by atoms with E-state index in [0.717, 1.165) is 31.2 Å². The predicted molar refractivity (Wildman–Crippen MR) is 71.4 cm³/mol. The molecule has 1 spiro atoms. The van der Waals surface area contributed by atoms with Crippen molar-refractivity contribution >= 4 is 11.8 Å². The third-order valence-electron chi connectivity index (χ3n) is 4.16. The van der Waals surface area contributed by atoms with E-state index in [4.69, 9.17) is 0 Å². The number of carbonyl (C=O) groups is 2. The molecule has 1 aliphatic carbocycles. The minimum absolute atomic E-state index is 0.00877. The van der Waals surface area contributed by atoms with Crippen molar-refractivity contribution in [2.75, 3.05) is 0 Å². The van der Waals surface area contributed by atoms with Crippen LogP contribution in [0.15, 0.2) is 30.3 Å². The molecule has 1 saturated carbocycles. The number of nitrogens with one attached hydrogen (secondary N) is 2. The van der Waals surface area contributed by atoms with Crippen LogP contribution in [0.2, 0.25) is 0 Å². The Hall–Kier alpha value is -1.84. The van der Waals surface area contributed by atoms with E-state index in [-0.39, 0.29) is 11.8 Å². The van der Waals surface area contributed by atoms with Gasteiger partial charge in [-0.1, -0.05) is 43.2 Å². The topological polar surface area (TPSA) is 58.2 Å². The summed E-state index contributed by atoms with van der Waals surface area (Å²) in [5.41, 5.74) is 0.440. The average molecular weight is 258 g/mol. The van der Waals surface area contributed by atoms with Crippen molar-refractivity contribution < 1.29 is 9.59 Å². The summed E-state index contributed by atoms with van der Waals surface area (Å²) in [5, 5.41) is 5.86. The van der Waals surface area contributed by atoms with Gasteiger partial charge in [-0.2, -0.15) is 0 Å². The Labute approximate surface area is 112 Å². The summed E-state index contributed by atoms with van der Waals surface area (Å²) in [4.78, 5) is 24.4. The maximum absolute atomic E-state index is 12.2. The first-order valence-electron chi connectivity index (χ1n) is 6.87. The highest BCUT2D eigenvalue weighted by molar-refractivity contribution is 6.00. The molecule has 0 unspecified atom stereocenters. The van der Waals surface area contributed by atoms with E-state index >= 15 is 0 Å². The zero-order chi connectivity index (χ0) is 13.3. The molecule has 1 heterocycles. The monoisotopic (exact) mass is 258 g/mol. The summed E-state index contributed by atoms with van der Waals surface area (Å²) >= 11 is 0. The van der Waals surface area contributed by atoms with Crippen molar-refractivity contribution in [2.45, 2.75) is 43.7 Å². The Balaban J connectivity index is 1.73. The molecule has 0 aromatic heterocycles. The van der Waals surface area contributed by atoms with E-state index < -0.39 is 11.6 Å². The first-order valence-corrected chi connectivity index (χ1v) is 6.87. The van der Waals surface area contributed by atoms with Gasteiger partial charge in [0.25, 0.3) is 0 Å². The summed E-state index contributed by atoms with van der Waals surface area (Å²) in [6, 6.07) is 9.32. The number of hydrogen-bond donors (Lipinski definition) is 2. The average Bonchev–Trinajstić information content (AvgIpc) is 2.87. The fraction of sp³-hybridized carbons (Fsp3) is 0.467. The zero-order valence-corrected chi connectivity index (χ0v) is 10.8. The standard InChI is InChI=1S/C15H18N2O2/c18-13-12(10-11-6-2-1-3-7-11)16-14(19)15(17-13)8-4-5-9-15/h1-3,6-7,12H,4-5,8-10H2,(H,16,19)(H,17,18)/t12-/m1/s1. The van der Waals surface area contributed by atoms with Gasteiger partial charge in [-0.3, -0.25) is 9.59 Å². The summed E-state index contributed by atoms with van der Waals surface area (Å²) in [7, 11) is 0. The zero-order valence-electron chi connectivity index (χ0n) is 10.8. The van der Waals surface area contributed by atoms with E-state index in [1.165, 1.54) is 0 Å². The molecule has 4 heteroatoms. The molecule has 1 aliphatic heterocycles. The maximum Gasteiger partial charge on any atom is 0.246 e. The molecule has 2 N–H and O–H groups in total. The summed E-state index contributed by atoms with van der Waals surface area (Å²) in [6.07, 6.45) is 4.11. The Morgan fingerprint density at radius 2 is 1.79 bits per heavy atom. The normalized spacial score (nSPS) is 25.2. The van der Waals surface area contributed by atoms with Crippen LogP contribution in [0.3, 0.4) is 0 Å². The summed E-state index contributed by atoms with van der Waals surface area (Å²) in [5.74, 6) is -0.0594. The van der Waals surface area contributed by atoms with E-state index in [9.17, 15) is 9.59 Å². The summed E-state index contributed by atoms with van der Waals surface area (Å²) < 4.78 is 0. The second kappa shape index (κ2) is 4.68. The second-order valence-corrected chi connectivity index (χ2v) is 5.49. The Bertz CT molecular complexity index is 492. The molecule has 2 amide bonds. The highest BCUT2D eigenvalue weighted by Crippen LogP contribution is 2.31. The maximum atomic E-state index is 12.2. The largest absolute Gasteiger partial charge is 0.342 e. The lowest BCUT2D eigenvalue weighted by atomic mass is 9.91. The lowest BCUT2D eigenvalue weighted by Gasteiger charge is -2.37. The molecule has 0 radical (unpaired) electrons. The first kappa shape index (κ1) is 12.2. The van der Waals surface area contributed by atoms with Crippen LogP contribution < -0.4 is 10.6 Å². The molecule has 3 rings (SSSR count). The van der Waals surface area contributed by atoms with Gasteiger partial charge in [-0.05, 0) is 18.4 Å². The van der Waals surface area contributed by atoms with Gasteiger partial charge < -0.3 is 10.6 Å². The fourth-order valence-electron chi connectivity index (χ4n) is 3.07. The molecule has 0 bridgehead atoms. The van der Waals surface area contributed by atoms with Crippen LogP contribution in [0.1, 0.15) is 31.2 Å². The van der Waals surface area contributed by atoms with Crippen LogP contribution in [-0.4, -0.2) is 23.4 Å². The fourth-order valence-corrected chi connectivity index (χ4v) is 3.07. The molecule has 1 aromatic carbocycles. The van der Waals surface area contributed by atoms with Gasteiger partial charge in [0.15, 0.2) is 0 Å². The smallest absolute Gasteiger partial charge is 0.246 e. The predicted octanol–water partition coefficient (Wildman–Crippen LogP) is 1.16. The van der Waals surface area contributed by atoms with Crippen LogP contribution in [0.5, 0.6) is 0 Å². The SMILES string of the molecule is O=C1NC2(CCCC2)C(=O)N[C@@H]1Cc1ccccc1.